The van der Waals surface area contributed by atoms with Crippen LogP contribution in [0, 0.1) is 5.82 Å². The number of hydrogen-bond donors (Lipinski definition) is 0. The lowest BCUT2D eigenvalue weighted by atomic mass is 9.83. The van der Waals surface area contributed by atoms with E-state index in [1.807, 2.05) is 24.3 Å². The Hall–Kier alpha value is -4.82. The van der Waals surface area contributed by atoms with Gasteiger partial charge in [0.05, 0.1) is 22.2 Å². The van der Waals surface area contributed by atoms with Crippen LogP contribution in [0.25, 0.3) is 23.1 Å². The first-order chi connectivity index (χ1) is 19.5. The number of carboxylic acid groups (broad SMARTS) is 1. The number of halogens is 1. The molecule has 1 unspecified atom stereocenters. The van der Waals surface area contributed by atoms with Crippen molar-refractivity contribution in [1.29, 1.82) is 0 Å². The van der Waals surface area contributed by atoms with Crippen LogP contribution in [0.1, 0.15) is 45.3 Å². The minimum Gasteiger partial charge on any atom is -0.545 e. The minimum absolute atomic E-state index is 0.0478. The van der Waals surface area contributed by atoms with Crippen molar-refractivity contribution in [3.63, 3.8) is 0 Å². The molecule has 6 nitrogen and oxygen atoms in total. The second-order valence-corrected chi connectivity index (χ2v) is 10.7. The van der Waals surface area contributed by atoms with E-state index >= 15 is 0 Å². The third-order valence-electron chi connectivity index (χ3n) is 7.32. The van der Waals surface area contributed by atoms with Gasteiger partial charge in [0, 0.05) is 17.2 Å². The lowest BCUT2D eigenvalue weighted by Gasteiger charge is -2.30. The number of furan rings is 1. The minimum atomic E-state index is -1.27. The number of allylic oxidation sites excluding steroid dienone is 1. The van der Waals surface area contributed by atoms with Gasteiger partial charge in [-0.1, -0.05) is 65.9 Å². The molecule has 0 radical (unpaired) electrons. The van der Waals surface area contributed by atoms with Gasteiger partial charge in [-0.25, -0.2) is 9.38 Å². The maximum Gasteiger partial charge on any atom is 0.271 e. The number of benzene rings is 3. The molecule has 7 rings (SSSR count). The third kappa shape index (κ3) is 4.04. The first kappa shape index (κ1) is 24.2. The Bertz CT molecular complexity index is 2050. The summed E-state index contributed by atoms with van der Waals surface area (Å²) in [5.74, 6) is -0.726. The van der Waals surface area contributed by atoms with E-state index in [2.05, 4.69) is 6.07 Å². The van der Waals surface area contributed by atoms with Crippen LogP contribution in [-0.2, 0) is 6.42 Å². The highest BCUT2D eigenvalue weighted by Gasteiger charge is 2.32. The van der Waals surface area contributed by atoms with Crippen LogP contribution < -0.4 is 20.0 Å². The second kappa shape index (κ2) is 9.43. The average molecular weight is 548 g/mol. The van der Waals surface area contributed by atoms with Crippen LogP contribution >= 0.6 is 11.3 Å². The molecule has 8 heteroatoms. The molecule has 0 bridgehead atoms. The number of rotatable bonds is 4. The van der Waals surface area contributed by atoms with E-state index in [1.165, 1.54) is 41.2 Å². The molecule has 0 amide bonds. The highest BCUT2D eigenvalue weighted by molar-refractivity contribution is 7.07. The molecule has 2 aromatic heterocycles. The fraction of sp³-hybridized carbons (Fsp3) is 0.0938. The van der Waals surface area contributed by atoms with Crippen molar-refractivity contribution < 1.29 is 18.7 Å². The Balaban J connectivity index is 1.38. The molecular weight excluding hydrogens is 527 g/mol. The fourth-order valence-corrected chi connectivity index (χ4v) is 6.49. The maximum absolute atomic E-state index is 14.4. The molecule has 3 heterocycles. The molecule has 40 heavy (non-hydrogen) atoms. The van der Waals surface area contributed by atoms with Crippen molar-refractivity contribution >= 4 is 29.1 Å². The number of aromatic carboxylic acids is 1. The lowest BCUT2D eigenvalue weighted by Crippen LogP contribution is -2.38. The van der Waals surface area contributed by atoms with Crippen molar-refractivity contribution in [1.82, 2.24) is 4.57 Å². The highest BCUT2D eigenvalue weighted by atomic mass is 32.1. The number of fused-ring (bicyclic) bond motifs is 3. The standard InChI is InChI=1S/C32H21FN2O4S/c33-22-9-4-7-20(16-22)29-25-13-11-18-5-1-2-10-24(18)28(25)34-32-35(29)30(36)27(40-32)17-23-12-14-26(39-23)19-6-3-8-21(15-19)31(37)38/h1-10,12,14-17,29H,11,13H2,(H,37,38)/p-1/b27-17+. The van der Waals surface area contributed by atoms with E-state index < -0.39 is 12.0 Å². The van der Waals surface area contributed by atoms with Crippen molar-refractivity contribution in [2.24, 2.45) is 4.99 Å². The van der Waals surface area contributed by atoms with E-state index in [-0.39, 0.29) is 16.9 Å². The Kier molecular flexibility index (Phi) is 5.71. The average Bonchev–Trinajstić information content (AvgIpc) is 3.56. The largest absolute Gasteiger partial charge is 0.545 e. The second-order valence-electron chi connectivity index (χ2n) is 9.74. The molecule has 0 saturated carbocycles. The van der Waals surface area contributed by atoms with Gasteiger partial charge >= 0.3 is 0 Å². The Morgan fingerprint density at radius 3 is 2.73 bits per heavy atom. The Morgan fingerprint density at radius 1 is 1.02 bits per heavy atom. The molecule has 0 N–H and O–H groups in total. The smallest absolute Gasteiger partial charge is 0.271 e. The number of hydrogen-bond acceptors (Lipinski definition) is 6. The molecule has 0 fully saturated rings. The van der Waals surface area contributed by atoms with Gasteiger partial charge in [0.15, 0.2) is 4.80 Å². The first-order valence-corrected chi connectivity index (χ1v) is 13.6. The number of thiazole rings is 1. The van der Waals surface area contributed by atoms with Gasteiger partial charge < -0.3 is 14.3 Å². The van der Waals surface area contributed by atoms with Crippen LogP contribution in [0.3, 0.4) is 0 Å². The van der Waals surface area contributed by atoms with Crippen LogP contribution in [0.4, 0.5) is 4.39 Å². The van der Waals surface area contributed by atoms with Gasteiger partial charge in [0.1, 0.15) is 17.3 Å². The van der Waals surface area contributed by atoms with E-state index in [9.17, 15) is 19.1 Å². The molecular formula is C32H20FN2O4S-. The predicted octanol–water partition coefficient (Wildman–Crippen LogP) is 4.08. The predicted molar refractivity (Wildman–Crippen MR) is 148 cm³/mol. The first-order valence-electron chi connectivity index (χ1n) is 12.8. The van der Waals surface area contributed by atoms with Crippen LogP contribution in [0.2, 0.25) is 0 Å². The zero-order valence-corrected chi connectivity index (χ0v) is 21.8. The van der Waals surface area contributed by atoms with Crippen molar-refractivity contribution in [3.05, 3.63) is 144 Å². The molecule has 1 aliphatic carbocycles. The maximum atomic E-state index is 14.4. The monoisotopic (exact) mass is 547 g/mol. The van der Waals surface area contributed by atoms with Crippen LogP contribution in [-0.4, -0.2) is 10.5 Å². The van der Waals surface area contributed by atoms with Crippen molar-refractivity contribution in [2.45, 2.75) is 18.9 Å². The molecule has 0 saturated heterocycles. The Labute approximate surface area is 231 Å². The summed E-state index contributed by atoms with van der Waals surface area (Å²) < 4.78 is 22.4. The molecule has 196 valence electrons. The SMILES string of the molecule is O=C([O-])c1cccc(-c2ccc(/C=c3/sc4n(c3=O)C(c3cccc(F)c3)C3=C(N=4)c4ccccc4CC3)o2)c1. The van der Waals surface area contributed by atoms with Gasteiger partial charge in [-0.05, 0) is 65.4 Å². The molecule has 1 aliphatic heterocycles. The Morgan fingerprint density at radius 2 is 1.88 bits per heavy atom. The number of carbonyl (C=O) groups is 1. The highest BCUT2D eigenvalue weighted by Crippen LogP contribution is 2.41. The molecule has 0 spiro atoms. The van der Waals surface area contributed by atoms with Crippen molar-refractivity contribution in [2.75, 3.05) is 0 Å². The molecule has 3 aromatic carbocycles. The quantitative estimate of drug-likeness (QED) is 0.339. The van der Waals surface area contributed by atoms with Gasteiger partial charge in [-0.2, -0.15) is 0 Å². The topological polar surface area (TPSA) is 87.6 Å². The van der Waals surface area contributed by atoms with E-state index in [1.54, 1.807) is 41.0 Å². The summed E-state index contributed by atoms with van der Waals surface area (Å²) >= 11 is 1.26. The summed E-state index contributed by atoms with van der Waals surface area (Å²) in [6.07, 6.45) is 3.19. The number of carbonyl (C=O) groups excluding carboxylic acids is 1. The van der Waals surface area contributed by atoms with Crippen molar-refractivity contribution in [3.8, 4) is 11.3 Å². The summed E-state index contributed by atoms with van der Waals surface area (Å²) in [7, 11) is 0. The lowest BCUT2D eigenvalue weighted by molar-refractivity contribution is -0.255. The summed E-state index contributed by atoms with van der Waals surface area (Å²) in [4.78, 5) is 30.6. The van der Waals surface area contributed by atoms with E-state index in [0.29, 0.717) is 38.4 Å². The zero-order valence-electron chi connectivity index (χ0n) is 21.0. The van der Waals surface area contributed by atoms with E-state index in [4.69, 9.17) is 9.41 Å². The van der Waals surface area contributed by atoms with Crippen LogP contribution in [0.5, 0.6) is 0 Å². The van der Waals surface area contributed by atoms with Gasteiger partial charge in [-0.3, -0.25) is 9.36 Å². The van der Waals surface area contributed by atoms with E-state index in [0.717, 1.165) is 23.3 Å². The summed E-state index contributed by atoms with van der Waals surface area (Å²) in [5, 5.41) is 11.3. The summed E-state index contributed by atoms with van der Waals surface area (Å²) in [5.41, 5.74) is 5.17. The number of aryl methyl sites for hydroxylation is 1. The third-order valence-corrected chi connectivity index (χ3v) is 8.30. The molecule has 2 aliphatic rings. The number of nitrogens with zero attached hydrogens (tertiary/aromatic N) is 2. The van der Waals surface area contributed by atoms with Gasteiger partial charge in [0.2, 0.25) is 0 Å². The number of carboxylic acids is 1. The summed E-state index contributed by atoms with van der Waals surface area (Å²) in [6.45, 7) is 0. The summed E-state index contributed by atoms with van der Waals surface area (Å²) in [6, 6.07) is 23.8. The fourth-order valence-electron chi connectivity index (χ4n) is 5.51. The zero-order chi connectivity index (χ0) is 27.4. The van der Waals surface area contributed by atoms with Gasteiger partial charge in [-0.15, -0.1) is 0 Å². The molecule has 5 aromatic rings. The van der Waals surface area contributed by atoms with Crippen LogP contribution in [0.15, 0.2) is 105 Å². The van der Waals surface area contributed by atoms with Gasteiger partial charge in [0.25, 0.3) is 5.56 Å². The normalized spacial score (nSPS) is 16.2. The molecule has 1 atom stereocenters. The number of aromatic nitrogens is 1.